The van der Waals surface area contributed by atoms with Crippen molar-refractivity contribution >= 4 is 11.8 Å². The van der Waals surface area contributed by atoms with Crippen LogP contribution in [0.1, 0.15) is 54.4 Å². The van der Waals surface area contributed by atoms with Gasteiger partial charge in [-0.1, -0.05) is 6.92 Å². The van der Waals surface area contributed by atoms with Gasteiger partial charge in [0.1, 0.15) is 0 Å². The van der Waals surface area contributed by atoms with Gasteiger partial charge >= 0.3 is 0 Å². The van der Waals surface area contributed by atoms with E-state index in [1.165, 1.54) is 0 Å². The number of carbonyl (C=O) groups is 2. The summed E-state index contributed by atoms with van der Waals surface area (Å²) in [5.41, 5.74) is -0.235. The number of carbonyl (C=O) groups excluding carboxylic acids is 2. The molecule has 19 heavy (non-hydrogen) atoms. The van der Waals surface area contributed by atoms with Crippen LogP contribution in [0, 0.1) is 0 Å². The average molecular weight is 271 g/mol. The minimum Gasteiger partial charge on any atom is -0.354 e. The summed E-state index contributed by atoms with van der Waals surface area (Å²) in [5.74, 6) is -0.0277. The Labute approximate surface area is 116 Å². The lowest BCUT2D eigenvalue weighted by Gasteiger charge is -2.23. The van der Waals surface area contributed by atoms with Crippen molar-refractivity contribution < 1.29 is 9.59 Å². The number of amides is 2. The van der Waals surface area contributed by atoms with Crippen LogP contribution in [-0.4, -0.2) is 36.0 Å². The average Bonchev–Trinajstić information content (AvgIpc) is 2.26. The summed E-state index contributed by atoms with van der Waals surface area (Å²) in [6, 6.07) is -0.0928. The fraction of sp³-hybridized carbons (Fsp3) is 0.857. The van der Waals surface area contributed by atoms with Crippen LogP contribution >= 0.6 is 0 Å². The van der Waals surface area contributed by atoms with E-state index in [-0.39, 0.29) is 29.4 Å². The van der Waals surface area contributed by atoms with Gasteiger partial charge in [0.05, 0.1) is 6.04 Å². The third kappa shape index (κ3) is 9.47. The molecule has 2 unspecified atom stereocenters. The normalized spacial score (nSPS) is 14.6. The third-order valence-electron chi connectivity index (χ3n) is 2.71. The fourth-order valence-corrected chi connectivity index (χ4v) is 1.42. The van der Waals surface area contributed by atoms with E-state index in [2.05, 4.69) is 16.0 Å². The Morgan fingerprint density at radius 3 is 2.21 bits per heavy atom. The topological polar surface area (TPSA) is 70.2 Å². The molecule has 5 heteroatoms. The summed E-state index contributed by atoms with van der Waals surface area (Å²) in [6.07, 6.45) is 1.31. The van der Waals surface area contributed by atoms with Gasteiger partial charge in [0.2, 0.25) is 11.8 Å². The molecule has 0 heterocycles. The maximum Gasteiger partial charge on any atom is 0.237 e. The first-order valence-electron chi connectivity index (χ1n) is 7.00. The highest BCUT2D eigenvalue weighted by Crippen LogP contribution is 1.99. The van der Waals surface area contributed by atoms with Crippen molar-refractivity contribution in [3.8, 4) is 0 Å². The number of rotatable bonds is 7. The Bertz CT molecular complexity index is 298. The van der Waals surface area contributed by atoms with Crippen LogP contribution in [0.2, 0.25) is 0 Å². The number of nitrogens with one attached hydrogen (secondary N) is 3. The molecule has 0 aliphatic carbocycles. The lowest BCUT2D eigenvalue weighted by Crippen LogP contribution is -2.50. The highest BCUT2D eigenvalue weighted by Gasteiger charge is 2.18. The van der Waals surface area contributed by atoms with E-state index in [1.54, 1.807) is 6.92 Å². The molecule has 0 rings (SSSR count). The Kier molecular flexibility index (Phi) is 7.68. The second-order valence-corrected chi connectivity index (χ2v) is 6.04. The molecule has 0 radical (unpaired) electrons. The second-order valence-electron chi connectivity index (χ2n) is 6.04. The van der Waals surface area contributed by atoms with E-state index in [0.29, 0.717) is 13.0 Å². The molecule has 0 spiro atoms. The first-order valence-corrected chi connectivity index (χ1v) is 7.00. The predicted octanol–water partition coefficient (Wildman–Crippen LogP) is 1.18. The quantitative estimate of drug-likeness (QED) is 0.651. The summed E-state index contributed by atoms with van der Waals surface area (Å²) in [7, 11) is 0. The largest absolute Gasteiger partial charge is 0.354 e. The molecule has 112 valence electrons. The van der Waals surface area contributed by atoms with Crippen molar-refractivity contribution in [3.05, 3.63) is 0 Å². The van der Waals surface area contributed by atoms with E-state index in [9.17, 15) is 9.59 Å². The summed E-state index contributed by atoms with van der Waals surface area (Å²) in [6.45, 7) is 12.1. The molecule has 0 aliphatic heterocycles. The van der Waals surface area contributed by atoms with Gasteiger partial charge in [-0.2, -0.15) is 0 Å². The summed E-state index contributed by atoms with van der Waals surface area (Å²) >= 11 is 0. The molecule has 2 atom stereocenters. The molecule has 0 aliphatic rings. The number of hydrogen-bond acceptors (Lipinski definition) is 3. The SMILES string of the molecule is CCC(C)NC(=O)CCNC(C)C(=O)NC(C)(C)C. The van der Waals surface area contributed by atoms with E-state index in [4.69, 9.17) is 0 Å². The van der Waals surface area contributed by atoms with Gasteiger partial charge in [-0.3, -0.25) is 9.59 Å². The van der Waals surface area contributed by atoms with Crippen LogP contribution in [-0.2, 0) is 9.59 Å². The zero-order valence-corrected chi connectivity index (χ0v) is 13.1. The van der Waals surface area contributed by atoms with Gasteiger partial charge in [0, 0.05) is 24.5 Å². The summed E-state index contributed by atoms with van der Waals surface area (Å²) in [4.78, 5) is 23.3. The van der Waals surface area contributed by atoms with Gasteiger partial charge in [0.25, 0.3) is 0 Å². The van der Waals surface area contributed by atoms with Crippen molar-refractivity contribution in [1.82, 2.24) is 16.0 Å². The standard InChI is InChI=1S/C14H29N3O2/c1-7-10(2)16-12(18)8-9-15-11(3)13(19)17-14(4,5)6/h10-11,15H,7-9H2,1-6H3,(H,16,18)(H,17,19). The van der Waals surface area contributed by atoms with Gasteiger partial charge in [-0.25, -0.2) is 0 Å². The molecule has 2 amide bonds. The molecule has 0 bridgehead atoms. The zero-order chi connectivity index (χ0) is 15.1. The lowest BCUT2D eigenvalue weighted by molar-refractivity contribution is -0.125. The fourth-order valence-electron chi connectivity index (χ4n) is 1.42. The Morgan fingerprint density at radius 1 is 1.16 bits per heavy atom. The molecular weight excluding hydrogens is 242 g/mol. The monoisotopic (exact) mass is 271 g/mol. The van der Waals surface area contributed by atoms with Crippen molar-refractivity contribution in [1.29, 1.82) is 0 Å². The minimum absolute atomic E-state index is 0.0188. The maximum absolute atomic E-state index is 11.8. The van der Waals surface area contributed by atoms with E-state index in [1.807, 2.05) is 34.6 Å². The van der Waals surface area contributed by atoms with Crippen LogP contribution < -0.4 is 16.0 Å². The minimum atomic E-state index is -0.296. The third-order valence-corrected chi connectivity index (χ3v) is 2.71. The van der Waals surface area contributed by atoms with E-state index < -0.39 is 0 Å². The van der Waals surface area contributed by atoms with Crippen LogP contribution in [0.15, 0.2) is 0 Å². The van der Waals surface area contributed by atoms with Gasteiger partial charge in [0.15, 0.2) is 0 Å². The highest BCUT2D eigenvalue weighted by atomic mass is 16.2. The van der Waals surface area contributed by atoms with Crippen molar-refractivity contribution in [3.63, 3.8) is 0 Å². The lowest BCUT2D eigenvalue weighted by atomic mass is 10.1. The highest BCUT2D eigenvalue weighted by molar-refractivity contribution is 5.82. The maximum atomic E-state index is 11.8. The van der Waals surface area contributed by atoms with Gasteiger partial charge in [-0.05, 0) is 41.0 Å². The first kappa shape index (κ1) is 17.9. The van der Waals surface area contributed by atoms with Gasteiger partial charge in [-0.15, -0.1) is 0 Å². The van der Waals surface area contributed by atoms with Crippen molar-refractivity contribution in [2.45, 2.75) is 72.0 Å². The Morgan fingerprint density at radius 2 is 1.74 bits per heavy atom. The molecule has 0 fully saturated rings. The smallest absolute Gasteiger partial charge is 0.237 e. The first-order chi connectivity index (χ1) is 8.65. The molecular formula is C14H29N3O2. The Balaban J connectivity index is 3.88. The van der Waals surface area contributed by atoms with E-state index in [0.717, 1.165) is 6.42 Å². The molecule has 5 nitrogen and oxygen atoms in total. The van der Waals surface area contributed by atoms with Crippen LogP contribution in [0.5, 0.6) is 0 Å². The molecule has 0 aromatic heterocycles. The predicted molar refractivity (Wildman–Crippen MR) is 77.9 cm³/mol. The van der Waals surface area contributed by atoms with Crippen LogP contribution in [0.25, 0.3) is 0 Å². The molecule has 3 N–H and O–H groups in total. The molecule has 0 saturated carbocycles. The van der Waals surface area contributed by atoms with Crippen molar-refractivity contribution in [2.75, 3.05) is 6.54 Å². The molecule has 0 aromatic carbocycles. The molecule has 0 aromatic rings. The van der Waals surface area contributed by atoms with Crippen molar-refractivity contribution in [2.24, 2.45) is 0 Å². The number of hydrogen-bond donors (Lipinski definition) is 3. The van der Waals surface area contributed by atoms with Crippen LogP contribution in [0.3, 0.4) is 0 Å². The van der Waals surface area contributed by atoms with Gasteiger partial charge < -0.3 is 16.0 Å². The summed E-state index contributed by atoms with van der Waals surface area (Å²) in [5, 5.41) is 8.84. The van der Waals surface area contributed by atoms with E-state index >= 15 is 0 Å². The van der Waals surface area contributed by atoms with Crippen LogP contribution in [0.4, 0.5) is 0 Å². The molecule has 0 saturated heterocycles. The summed E-state index contributed by atoms with van der Waals surface area (Å²) < 4.78 is 0. The zero-order valence-electron chi connectivity index (χ0n) is 13.1. The second kappa shape index (κ2) is 8.15. The Hall–Kier alpha value is -1.10.